The van der Waals surface area contributed by atoms with E-state index in [1.54, 1.807) is 12.1 Å². The number of halogens is 1. The Balaban J connectivity index is 1.49. The van der Waals surface area contributed by atoms with Crippen LogP contribution in [0.15, 0.2) is 28.8 Å². The van der Waals surface area contributed by atoms with E-state index >= 15 is 0 Å². The molecule has 1 aliphatic heterocycles. The Morgan fingerprint density at radius 3 is 2.88 bits per heavy atom. The van der Waals surface area contributed by atoms with Gasteiger partial charge in [-0.25, -0.2) is 9.18 Å². The van der Waals surface area contributed by atoms with Crippen LogP contribution in [0.25, 0.3) is 0 Å². The fourth-order valence-corrected chi connectivity index (χ4v) is 3.11. The minimum Gasteiger partial charge on any atom is -0.369 e. The van der Waals surface area contributed by atoms with Gasteiger partial charge in [-0.2, -0.15) is 0 Å². The molecule has 25 heavy (non-hydrogen) atoms. The lowest BCUT2D eigenvalue weighted by molar-refractivity contribution is 0.237. The number of hydrogen-bond donors (Lipinski definition) is 2. The number of carbonyl (C=O) groups excluding carboxylic acids is 1. The molecule has 2 heterocycles. The van der Waals surface area contributed by atoms with E-state index in [0.29, 0.717) is 13.1 Å². The average molecular weight is 346 g/mol. The highest BCUT2D eigenvalue weighted by atomic mass is 19.1. The summed E-state index contributed by atoms with van der Waals surface area (Å²) >= 11 is 0. The molecule has 1 unspecified atom stereocenters. The zero-order chi connectivity index (χ0) is 17.8. The maximum atomic E-state index is 13.0. The van der Waals surface area contributed by atoms with Gasteiger partial charge in [-0.15, -0.1) is 0 Å². The number of nitrogens with zero attached hydrogens (tertiary/aromatic N) is 2. The lowest BCUT2D eigenvalue weighted by atomic mass is 10.1. The second-order valence-electron chi connectivity index (χ2n) is 6.25. The maximum Gasteiger partial charge on any atom is 0.315 e. The Bertz CT molecular complexity index is 729. The highest BCUT2D eigenvalue weighted by Crippen LogP contribution is 2.20. The summed E-state index contributed by atoms with van der Waals surface area (Å²) in [7, 11) is 0. The molecule has 1 aliphatic rings. The van der Waals surface area contributed by atoms with Gasteiger partial charge in [-0.05, 0) is 44.0 Å². The summed E-state index contributed by atoms with van der Waals surface area (Å²) in [6.07, 6.45) is 1.63. The third kappa shape index (κ3) is 4.10. The van der Waals surface area contributed by atoms with E-state index < -0.39 is 0 Å². The molecule has 1 atom stereocenters. The average Bonchev–Trinajstić information content (AvgIpc) is 3.20. The minimum atomic E-state index is -0.243. The van der Waals surface area contributed by atoms with Gasteiger partial charge in [0.1, 0.15) is 11.6 Å². The van der Waals surface area contributed by atoms with Gasteiger partial charge < -0.3 is 20.1 Å². The number of hydrogen-bond acceptors (Lipinski definition) is 4. The number of rotatable bonds is 5. The van der Waals surface area contributed by atoms with Crippen LogP contribution in [0, 0.1) is 12.7 Å². The van der Waals surface area contributed by atoms with Crippen molar-refractivity contribution in [2.45, 2.75) is 39.3 Å². The number of nitrogens with one attached hydrogen (secondary N) is 2. The second kappa shape index (κ2) is 7.55. The summed E-state index contributed by atoms with van der Waals surface area (Å²) in [6.45, 7) is 5.80. The molecule has 2 N–H and O–H groups in total. The number of amides is 2. The fraction of sp³-hybridized carbons (Fsp3) is 0.444. The van der Waals surface area contributed by atoms with Crippen molar-refractivity contribution in [2.75, 3.05) is 18.0 Å². The molecular weight excluding hydrogens is 323 g/mol. The molecule has 0 aliphatic carbocycles. The van der Waals surface area contributed by atoms with E-state index in [1.807, 2.05) is 13.8 Å². The summed E-state index contributed by atoms with van der Waals surface area (Å²) in [5.41, 5.74) is 2.79. The van der Waals surface area contributed by atoms with Crippen LogP contribution < -0.4 is 15.5 Å². The first-order chi connectivity index (χ1) is 12.1. The van der Waals surface area contributed by atoms with E-state index in [4.69, 9.17) is 4.52 Å². The van der Waals surface area contributed by atoms with Crippen molar-refractivity contribution < 1.29 is 13.7 Å². The third-order valence-corrected chi connectivity index (χ3v) is 4.54. The monoisotopic (exact) mass is 346 g/mol. The molecule has 6 nitrogen and oxygen atoms in total. The standard InChI is InChI=1S/C18H23FN4O2/c1-3-17-16(12(2)25-22-17)10-20-18(24)21-14-8-9-23(11-14)15-6-4-13(19)5-7-15/h4-7,14H,3,8-11H2,1-2H3,(H2,20,21,24). The molecule has 7 heteroatoms. The molecular formula is C18H23FN4O2. The summed E-state index contributed by atoms with van der Waals surface area (Å²) in [4.78, 5) is 14.3. The van der Waals surface area contributed by atoms with Gasteiger partial charge in [0.05, 0.1) is 5.69 Å². The van der Waals surface area contributed by atoms with Crippen molar-refractivity contribution in [2.24, 2.45) is 0 Å². The normalized spacial score (nSPS) is 16.9. The Morgan fingerprint density at radius 2 is 2.16 bits per heavy atom. The first-order valence-electron chi connectivity index (χ1n) is 8.55. The maximum absolute atomic E-state index is 13.0. The van der Waals surface area contributed by atoms with E-state index in [9.17, 15) is 9.18 Å². The number of urea groups is 1. The summed E-state index contributed by atoms with van der Waals surface area (Å²) < 4.78 is 18.2. The van der Waals surface area contributed by atoms with Crippen molar-refractivity contribution >= 4 is 11.7 Å². The molecule has 0 bridgehead atoms. The third-order valence-electron chi connectivity index (χ3n) is 4.54. The summed E-state index contributed by atoms with van der Waals surface area (Å²) in [5, 5.41) is 9.85. The van der Waals surface area contributed by atoms with Gasteiger partial charge in [-0.1, -0.05) is 12.1 Å². The molecule has 0 radical (unpaired) electrons. The first kappa shape index (κ1) is 17.3. The number of anilines is 1. The Morgan fingerprint density at radius 1 is 1.40 bits per heavy atom. The van der Waals surface area contributed by atoms with Crippen LogP contribution in [0.4, 0.5) is 14.9 Å². The van der Waals surface area contributed by atoms with Gasteiger partial charge in [0.25, 0.3) is 0 Å². The molecule has 1 saturated heterocycles. The predicted octanol–water partition coefficient (Wildman–Crippen LogP) is 2.76. The van der Waals surface area contributed by atoms with Gasteiger partial charge >= 0.3 is 6.03 Å². The van der Waals surface area contributed by atoms with Gasteiger partial charge in [0.2, 0.25) is 0 Å². The summed E-state index contributed by atoms with van der Waals surface area (Å²) in [6, 6.07) is 6.30. The molecule has 0 saturated carbocycles. The van der Waals surface area contributed by atoms with Crippen LogP contribution in [-0.4, -0.2) is 30.3 Å². The molecule has 2 amide bonds. The van der Waals surface area contributed by atoms with Crippen molar-refractivity contribution in [1.29, 1.82) is 0 Å². The van der Waals surface area contributed by atoms with Crippen LogP contribution in [0.3, 0.4) is 0 Å². The van der Waals surface area contributed by atoms with Crippen molar-refractivity contribution in [3.8, 4) is 0 Å². The molecule has 0 spiro atoms. The van der Waals surface area contributed by atoms with E-state index in [1.165, 1.54) is 12.1 Å². The van der Waals surface area contributed by atoms with Crippen LogP contribution in [0.1, 0.15) is 30.4 Å². The number of carbonyl (C=O) groups is 1. The van der Waals surface area contributed by atoms with Gasteiger partial charge in [-0.3, -0.25) is 0 Å². The molecule has 1 fully saturated rings. The highest BCUT2D eigenvalue weighted by Gasteiger charge is 2.24. The Hall–Kier alpha value is -2.57. The highest BCUT2D eigenvalue weighted by molar-refractivity contribution is 5.74. The van der Waals surface area contributed by atoms with E-state index in [2.05, 4.69) is 20.7 Å². The van der Waals surface area contributed by atoms with E-state index in [0.717, 1.165) is 42.1 Å². The Kier molecular flexibility index (Phi) is 5.21. The van der Waals surface area contributed by atoms with Crippen molar-refractivity contribution in [3.63, 3.8) is 0 Å². The van der Waals surface area contributed by atoms with Crippen LogP contribution in [0.5, 0.6) is 0 Å². The number of aryl methyl sites for hydroxylation is 2. The molecule has 1 aromatic heterocycles. The SMILES string of the molecule is CCc1noc(C)c1CNC(=O)NC1CCN(c2ccc(F)cc2)C1. The van der Waals surface area contributed by atoms with Crippen molar-refractivity contribution in [3.05, 3.63) is 47.1 Å². The topological polar surface area (TPSA) is 70.4 Å². The molecule has 134 valence electrons. The second-order valence-corrected chi connectivity index (χ2v) is 6.25. The van der Waals surface area contributed by atoms with Crippen LogP contribution in [-0.2, 0) is 13.0 Å². The Labute approximate surface area is 146 Å². The fourth-order valence-electron chi connectivity index (χ4n) is 3.11. The molecule has 3 rings (SSSR count). The van der Waals surface area contributed by atoms with Gasteiger partial charge in [0.15, 0.2) is 0 Å². The zero-order valence-corrected chi connectivity index (χ0v) is 14.5. The van der Waals surface area contributed by atoms with E-state index in [-0.39, 0.29) is 17.9 Å². The number of aromatic nitrogens is 1. The number of benzene rings is 1. The van der Waals surface area contributed by atoms with Gasteiger partial charge in [0, 0.05) is 36.9 Å². The van der Waals surface area contributed by atoms with Crippen LogP contribution >= 0.6 is 0 Å². The zero-order valence-electron chi connectivity index (χ0n) is 14.5. The smallest absolute Gasteiger partial charge is 0.315 e. The largest absolute Gasteiger partial charge is 0.369 e. The van der Waals surface area contributed by atoms with Crippen molar-refractivity contribution in [1.82, 2.24) is 15.8 Å². The summed E-state index contributed by atoms with van der Waals surface area (Å²) in [5.74, 6) is 0.493. The van der Waals surface area contributed by atoms with Crippen LogP contribution in [0.2, 0.25) is 0 Å². The minimum absolute atomic E-state index is 0.0688. The molecule has 1 aromatic carbocycles. The lowest BCUT2D eigenvalue weighted by Crippen LogP contribution is -2.43. The molecule has 2 aromatic rings. The lowest BCUT2D eigenvalue weighted by Gasteiger charge is -2.19. The quantitative estimate of drug-likeness (QED) is 0.873. The first-order valence-corrected chi connectivity index (χ1v) is 8.55. The predicted molar refractivity (Wildman–Crippen MR) is 93.0 cm³/mol.